The molecular formula is C39H41Cl2N5O4. The van der Waals surface area contributed by atoms with Gasteiger partial charge < -0.3 is 19.5 Å². The molecule has 0 radical (unpaired) electrons. The first-order valence-electron chi connectivity index (χ1n) is 17.3. The highest BCUT2D eigenvalue weighted by Crippen LogP contribution is 2.43. The molecule has 4 fully saturated rings. The number of hydrogen-bond donors (Lipinski definition) is 1. The molecule has 0 unspecified atom stereocenters. The second kappa shape index (κ2) is 13.4. The van der Waals surface area contributed by atoms with Crippen LogP contribution in [0, 0.1) is 0 Å². The summed E-state index contributed by atoms with van der Waals surface area (Å²) in [6, 6.07) is 19.9. The van der Waals surface area contributed by atoms with E-state index in [0.29, 0.717) is 40.5 Å². The van der Waals surface area contributed by atoms with E-state index in [1.807, 2.05) is 54.6 Å². The van der Waals surface area contributed by atoms with Crippen molar-refractivity contribution in [1.82, 2.24) is 25.1 Å². The number of halogens is 2. The summed E-state index contributed by atoms with van der Waals surface area (Å²) in [4.78, 5) is 26.3. The van der Waals surface area contributed by atoms with Gasteiger partial charge in [-0.1, -0.05) is 71.7 Å². The summed E-state index contributed by atoms with van der Waals surface area (Å²) in [5.41, 5.74) is 6.71. The molecule has 1 N–H and O–H groups in total. The standard InChI is InChI=1S/C39H41Cl2N5O4/c1-48-36-25(21-45-18-15-39(16-19-45)17-20-50-39)9-11-31(42-36)29-7-3-5-27(34(29)40)28-6-4-8-30(35(28)41)32-12-10-26(37(43-32)49-2)22-46-23-38(24-46)14-13-33(47)44-38/h3-12H,13-24H2,1-2H3,(H,44,47). The Bertz CT molecular complexity index is 1930. The largest absolute Gasteiger partial charge is 0.481 e. The van der Waals surface area contributed by atoms with Gasteiger partial charge in [0.05, 0.1) is 53.4 Å². The van der Waals surface area contributed by atoms with Gasteiger partial charge in [0.15, 0.2) is 0 Å². The van der Waals surface area contributed by atoms with Crippen molar-refractivity contribution in [3.63, 3.8) is 0 Å². The molecule has 0 saturated carbocycles. The summed E-state index contributed by atoms with van der Waals surface area (Å²) < 4.78 is 17.4. The first-order valence-corrected chi connectivity index (χ1v) is 18.1. The first kappa shape index (κ1) is 33.4. The number of hydrogen-bond acceptors (Lipinski definition) is 8. The van der Waals surface area contributed by atoms with E-state index in [1.54, 1.807) is 14.2 Å². The van der Waals surface area contributed by atoms with Crippen molar-refractivity contribution in [3.05, 3.63) is 81.8 Å². The van der Waals surface area contributed by atoms with Gasteiger partial charge in [-0.25, -0.2) is 9.97 Å². The van der Waals surface area contributed by atoms with Crippen LogP contribution in [0.2, 0.25) is 10.0 Å². The zero-order valence-corrected chi connectivity index (χ0v) is 29.9. The Labute approximate surface area is 302 Å². The molecule has 1 amide bonds. The number of carbonyl (C=O) groups is 1. The van der Waals surface area contributed by atoms with Crippen molar-refractivity contribution in [3.8, 4) is 45.4 Å². The molecule has 2 aromatic heterocycles. The third-order valence-corrected chi connectivity index (χ3v) is 11.7. The second-order valence-corrected chi connectivity index (χ2v) is 14.9. The van der Waals surface area contributed by atoms with Gasteiger partial charge in [-0.05, 0) is 37.8 Å². The van der Waals surface area contributed by atoms with Crippen LogP contribution in [-0.4, -0.2) is 83.8 Å². The molecule has 260 valence electrons. The second-order valence-electron chi connectivity index (χ2n) is 14.1. The lowest BCUT2D eigenvalue weighted by molar-refractivity contribution is -0.173. The molecule has 4 aliphatic heterocycles. The molecule has 4 aromatic rings. The molecule has 2 spiro atoms. The molecule has 8 rings (SSSR count). The van der Waals surface area contributed by atoms with Crippen LogP contribution in [0.15, 0.2) is 60.7 Å². The van der Waals surface area contributed by atoms with Crippen LogP contribution in [-0.2, 0) is 22.6 Å². The molecule has 0 aliphatic carbocycles. The van der Waals surface area contributed by atoms with E-state index in [9.17, 15) is 4.79 Å². The summed E-state index contributed by atoms with van der Waals surface area (Å²) in [7, 11) is 3.30. The fourth-order valence-corrected chi connectivity index (χ4v) is 8.68. The van der Waals surface area contributed by atoms with Crippen molar-refractivity contribution in [2.45, 2.75) is 56.3 Å². The van der Waals surface area contributed by atoms with E-state index in [2.05, 4.69) is 21.2 Å². The highest BCUT2D eigenvalue weighted by molar-refractivity contribution is 6.39. The number of amides is 1. The van der Waals surface area contributed by atoms with Crippen LogP contribution in [0.5, 0.6) is 11.8 Å². The summed E-state index contributed by atoms with van der Waals surface area (Å²) >= 11 is 14.3. The van der Waals surface area contributed by atoms with Crippen LogP contribution >= 0.6 is 23.2 Å². The van der Waals surface area contributed by atoms with Gasteiger partial charge in [0, 0.05) is 79.1 Å². The van der Waals surface area contributed by atoms with Crippen molar-refractivity contribution in [2.24, 2.45) is 0 Å². The topological polar surface area (TPSA) is 89.0 Å². The molecule has 2 aromatic carbocycles. The number of ether oxygens (including phenoxy) is 3. The summed E-state index contributed by atoms with van der Waals surface area (Å²) in [6.07, 6.45) is 4.83. The molecule has 6 heterocycles. The summed E-state index contributed by atoms with van der Waals surface area (Å²) in [6.45, 7) is 6.04. The number of pyridine rings is 2. The van der Waals surface area contributed by atoms with E-state index in [4.69, 9.17) is 47.4 Å². The molecule has 9 nitrogen and oxygen atoms in total. The predicted octanol–water partition coefficient (Wildman–Crippen LogP) is 7.02. The maximum absolute atomic E-state index is 11.8. The van der Waals surface area contributed by atoms with Crippen molar-refractivity contribution >= 4 is 29.1 Å². The van der Waals surface area contributed by atoms with Crippen LogP contribution < -0.4 is 14.8 Å². The van der Waals surface area contributed by atoms with Crippen molar-refractivity contribution < 1.29 is 19.0 Å². The van der Waals surface area contributed by atoms with Crippen LogP contribution in [0.25, 0.3) is 33.6 Å². The van der Waals surface area contributed by atoms with Gasteiger partial charge in [-0.2, -0.15) is 0 Å². The van der Waals surface area contributed by atoms with Gasteiger partial charge >= 0.3 is 0 Å². The number of nitrogens with zero attached hydrogens (tertiary/aromatic N) is 4. The molecular weight excluding hydrogens is 673 g/mol. The highest BCUT2D eigenvalue weighted by Gasteiger charge is 2.47. The monoisotopic (exact) mass is 713 g/mol. The van der Waals surface area contributed by atoms with Crippen LogP contribution in [0.1, 0.15) is 43.2 Å². The zero-order valence-electron chi connectivity index (χ0n) is 28.4. The Balaban J connectivity index is 1.01. The van der Waals surface area contributed by atoms with E-state index in [-0.39, 0.29) is 17.0 Å². The van der Waals surface area contributed by atoms with Crippen LogP contribution in [0.4, 0.5) is 0 Å². The maximum Gasteiger partial charge on any atom is 0.220 e. The molecule has 0 bridgehead atoms. The summed E-state index contributed by atoms with van der Waals surface area (Å²) in [5.74, 6) is 1.31. The lowest BCUT2D eigenvalue weighted by Gasteiger charge is -2.48. The Morgan fingerprint density at radius 1 is 0.740 bits per heavy atom. The number of carbonyl (C=O) groups excluding carboxylic acids is 1. The number of likely N-dealkylation sites (tertiary alicyclic amines) is 2. The number of aromatic nitrogens is 2. The molecule has 50 heavy (non-hydrogen) atoms. The van der Waals surface area contributed by atoms with Crippen molar-refractivity contribution in [1.29, 1.82) is 0 Å². The Morgan fingerprint density at radius 2 is 1.26 bits per heavy atom. The lowest BCUT2D eigenvalue weighted by atomic mass is 9.84. The van der Waals surface area contributed by atoms with E-state index >= 15 is 0 Å². The predicted molar refractivity (Wildman–Crippen MR) is 195 cm³/mol. The van der Waals surface area contributed by atoms with E-state index in [1.165, 1.54) is 6.42 Å². The minimum atomic E-state index is -0.0711. The Kier molecular flexibility index (Phi) is 8.98. The Hall–Kier alpha value is -3.73. The zero-order chi connectivity index (χ0) is 34.5. The number of methoxy groups -OCH3 is 2. The average Bonchev–Trinajstić information content (AvgIpc) is 3.50. The quantitative estimate of drug-likeness (QED) is 0.198. The number of rotatable bonds is 9. The molecule has 11 heteroatoms. The molecule has 0 atom stereocenters. The third kappa shape index (κ3) is 6.24. The maximum atomic E-state index is 11.8. The van der Waals surface area contributed by atoms with Gasteiger partial charge in [0.25, 0.3) is 0 Å². The number of piperidine rings is 1. The first-order chi connectivity index (χ1) is 24.3. The minimum absolute atomic E-state index is 0.0711. The summed E-state index contributed by atoms with van der Waals surface area (Å²) in [5, 5.41) is 4.25. The van der Waals surface area contributed by atoms with Gasteiger partial charge in [-0.15, -0.1) is 0 Å². The SMILES string of the molecule is COc1nc(-c2cccc(-c3cccc(-c4ccc(CN5CC6(CCC(=O)N6)C5)c(OC)n4)c3Cl)c2Cl)ccc1CN1CCC2(CCO2)CC1. The number of benzene rings is 2. The minimum Gasteiger partial charge on any atom is -0.481 e. The smallest absolute Gasteiger partial charge is 0.220 e. The molecule has 4 saturated heterocycles. The van der Waals surface area contributed by atoms with Gasteiger partial charge in [0.1, 0.15) is 0 Å². The van der Waals surface area contributed by atoms with Crippen LogP contribution in [0.3, 0.4) is 0 Å². The van der Waals surface area contributed by atoms with Gasteiger partial charge in [0.2, 0.25) is 17.7 Å². The Morgan fingerprint density at radius 3 is 1.72 bits per heavy atom. The van der Waals surface area contributed by atoms with E-state index < -0.39 is 0 Å². The fraction of sp³-hybridized carbons (Fsp3) is 0.410. The number of nitrogens with one attached hydrogen (secondary N) is 1. The van der Waals surface area contributed by atoms with Crippen molar-refractivity contribution in [2.75, 3.05) is 47.0 Å². The highest BCUT2D eigenvalue weighted by atomic mass is 35.5. The van der Waals surface area contributed by atoms with E-state index in [0.717, 1.165) is 97.7 Å². The normalized spacial score (nSPS) is 19.6. The third-order valence-electron chi connectivity index (χ3n) is 10.9. The molecule has 4 aliphatic rings. The fourth-order valence-electron chi connectivity index (χ4n) is 8.03. The van der Waals surface area contributed by atoms with Gasteiger partial charge in [-0.3, -0.25) is 14.6 Å². The average molecular weight is 715 g/mol. The lowest BCUT2D eigenvalue weighted by Crippen LogP contribution is -2.66.